The molecule has 0 atom stereocenters. The summed E-state index contributed by atoms with van der Waals surface area (Å²) in [6.45, 7) is 0.987. The summed E-state index contributed by atoms with van der Waals surface area (Å²) in [7, 11) is 1.31. The number of amides is 2. The van der Waals surface area contributed by atoms with Gasteiger partial charge in [-0.05, 0) is 54.8 Å². The van der Waals surface area contributed by atoms with Gasteiger partial charge in [0.15, 0.2) is 0 Å². The van der Waals surface area contributed by atoms with Crippen molar-refractivity contribution in [2.24, 2.45) is 5.92 Å². The van der Waals surface area contributed by atoms with E-state index in [9.17, 15) is 18.8 Å². The SMILES string of the molecule is COC(=O)c1ccc(NC(=O)C2CCN(C(=O)Cc3cccc(F)c3)CC2)cc1. The highest BCUT2D eigenvalue weighted by atomic mass is 19.1. The van der Waals surface area contributed by atoms with Crippen LogP contribution in [0.25, 0.3) is 0 Å². The molecule has 0 bridgehead atoms. The summed E-state index contributed by atoms with van der Waals surface area (Å²) in [5.74, 6) is -1.14. The fourth-order valence-electron chi connectivity index (χ4n) is 3.38. The number of halogens is 1. The number of ether oxygens (including phenoxy) is 1. The number of nitrogens with zero attached hydrogens (tertiary/aromatic N) is 1. The number of anilines is 1. The van der Waals surface area contributed by atoms with Crippen molar-refractivity contribution in [1.82, 2.24) is 4.90 Å². The first-order valence-corrected chi connectivity index (χ1v) is 9.47. The maximum absolute atomic E-state index is 13.3. The Morgan fingerprint density at radius 1 is 1.10 bits per heavy atom. The molecule has 0 spiro atoms. The lowest BCUT2D eigenvalue weighted by Crippen LogP contribution is -2.42. The molecule has 7 heteroatoms. The summed E-state index contributed by atoms with van der Waals surface area (Å²) in [4.78, 5) is 38.1. The Morgan fingerprint density at radius 3 is 2.41 bits per heavy atom. The molecule has 0 radical (unpaired) electrons. The summed E-state index contributed by atoms with van der Waals surface area (Å²) in [6.07, 6.45) is 1.29. The van der Waals surface area contributed by atoms with Crippen LogP contribution in [0, 0.1) is 11.7 Å². The van der Waals surface area contributed by atoms with Gasteiger partial charge in [0.1, 0.15) is 5.82 Å². The second kappa shape index (κ2) is 9.32. The van der Waals surface area contributed by atoms with Gasteiger partial charge in [0, 0.05) is 24.7 Å². The van der Waals surface area contributed by atoms with Crippen LogP contribution in [0.1, 0.15) is 28.8 Å². The second-order valence-electron chi connectivity index (χ2n) is 7.02. The third-order valence-corrected chi connectivity index (χ3v) is 5.04. The number of hydrogen-bond donors (Lipinski definition) is 1. The normalized spacial score (nSPS) is 14.3. The Hall–Kier alpha value is -3.22. The maximum Gasteiger partial charge on any atom is 0.337 e. The van der Waals surface area contributed by atoms with Crippen molar-refractivity contribution >= 4 is 23.5 Å². The lowest BCUT2D eigenvalue weighted by atomic mass is 9.95. The van der Waals surface area contributed by atoms with E-state index < -0.39 is 5.97 Å². The van der Waals surface area contributed by atoms with Gasteiger partial charge in [0.2, 0.25) is 11.8 Å². The van der Waals surface area contributed by atoms with E-state index in [1.807, 2.05) is 0 Å². The first kappa shape index (κ1) is 20.5. The fraction of sp³-hybridized carbons (Fsp3) is 0.318. The van der Waals surface area contributed by atoms with Gasteiger partial charge in [-0.3, -0.25) is 9.59 Å². The monoisotopic (exact) mass is 398 g/mol. The third-order valence-electron chi connectivity index (χ3n) is 5.04. The van der Waals surface area contributed by atoms with Crippen molar-refractivity contribution in [1.29, 1.82) is 0 Å². The highest BCUT2D eigenvalue weighted by Crippen LogP contribution is 2.21. The van der Waals surface area contributed by atoms with Crippen LogP contribution in [0.3, 0.4) is 0 Å². The lowest BCUT2D eigenvalue weighted by molar-refractivity contribution is -0.133. The molecule has 152 valence electrons. The van der Waals surface area contributed by atoms with E-state index in [1.165, 1.54) is 19.2 Å². The Bertz CT molecular complexity index is 890. The van der Waals surface area contributed by atoms with Gasteiger partial charge in [-0.2, -0.15) is 0 Å². The van der Waals surface area contributed by atoms with Crippen molar-refractivity contribution in [3.63, 3.8) is 0 Å². The molecule has 1 heterocycles. The summed E-state index contributed by atoms with van der Waals surface area (Å²) >= 11 is 0. The molecule has 6 nitrogen and oxygen atoms in total. The number of carbonyl (C=O) groups excluding carboxylic acids is 3. The van der Waals surface area contributed by atoms with Crippen molar-refractivity contribution < 1.29 is 23.5 Å². The number of methoxy groups -OCH3 is 1. The number of hydrogen-bond acceptors (Lipinski definition) is 4. The number of carbonyl (C=O) groups is 3. The molecule has 0 saturated carbocycles. The first-order valence-electron chi connectivity index (χ1n) is 9.47. The molecule has 0 aliphatic carbocycles. The molecule has 1 aliphatic heterocycles. The molecule has 1 N–H and O–H groups in total. The molecule has 2 aromatic carbocycles. The average molecular weight is 398 g/mol. The molecular formula is C22H23FN2O4. The van der Waals surface area contributed by atoms with Crippen LogP contribution in [-0.2, 0) is 20.7 Å². The zero-order chi connectivity index (χ0) is 20.8. The Morgan fingerprint density at radius 2 is 1.79 bits per heavy atom. The lowest BCUT2D eigenvalue weighted by Gasteiger charge is -2.31. The van der Waals surface area contributed by atoms with Crippen LogP contribution in [0.15, 0.2) is 48.5 Å². The number of rotatable bonds is 5. The van der Waals surface area contributed by atoms with Gasteiger partial charge in [-0.25, -0.2) is 9.18 Å². The Labute approximate surface area is 168 Å². The van der Waals surface area contributed by atoms with Gasteiger partial charge < -0.3 is 15.0 Å². The average Bonchev–Trinajstić information content (AvgIpc) is 2.74. The summed E-state index contributed by atoms with van der Waals surface area (Å²) < 4.78 is 17.9. The Kier molecular flexibility index (Phi) is 6.59. The minimum atomic E-state index is -0.432. The molecule has 3 rings (SSSR count). The van der Waals surface area contributed by atoms with Crippen molar-refractivity contribution in [3.8, 4) is 0 Å². The van der Waals surface area contributed by atoms with Crippen molar-refractivity contribution in [2.45, 2.75) is 19.3 Å². The van der Waals surface area contributed by atoms with Gasteiger partial charge in [-0.15, -0.1) is 0 Å². The van der Waals surface area contributed by atoms with E-state index in [2.05, 4.69) is 10.1 Å². The van der Waals surface area contributed by atoms with E-state index in [0.29, 0.717) is 42.7 Å². The highest BCUT2D eigenvalue weighted by molar-refractivity contribution is 5.94. The largest absolute Gasteiger partial charge is 0.465 e. The minimum Gasteiger partial charge on any atom is -0.465 e. The standard InChI is InChI=1S/C22H23FN2O4/c1-29-22(28)17-5-7-19(8-6-17)24-21(27)16-9-11-25(12-10-16)20(26)14-15-3-2-4-18(23)13-15/h2-8,13,16H,9-12,14H2,1H3,(H,24,27). The van der Waals surface area contributed by atoms with Crippen LogP contribution in [0.2, 0.25) is 0 Å². The number of nitrogens with one attached hydrogen (secondary N) is 1. The van der Waals surface area contributed by atoms with Gasteiger partial charge in [0.25, 0.3) is 0 Å². The van der Waals surface area contributed by atoms with Gasteiger partial charge in [0.05, 0.1) is 19.1 Å². The second-order valence-corrected chi connectivity index (χ2v) is 7.02. The molecule has 1 fully saturated rings. The molecule has 0 unspecified atom stereocenters. The predicted octanol–water partition coefficient (Wildman–Crippen LogP) is 3.03. The summed E-state index contributed by atoms with van der Waals surface area (Å²) in [6, 6.07) is 12.5. The first-order chi connectivity index (χ1) is 14.0. The fourth-order valence-corrected chi connectivity index (χ4v) is 3.38. The number of piperidine rings is 1. The van der Waals surface area contributed by atoms with E-state index in [-0.39, 0.29) is 30.0 Å². The quantitative estimate of drug-likeness (QED) is 0.786. The van der Waals surface area contributed by atoms with Crippen LogP contribution in [0.5, 0.6) is 0 Å². The van der Waals surface area contributed by atoms with E-state index >= 15 is 0 Å². The van der Waals surface area contributed by atoms with Crippen LogP contribution in [0.4, 0.5) is 10.1 Å². The van der Waals surface area contributed by atoms with Crippen molar-refractivity contribution in [3.05, 3.63) is 65.5 Å². The minimum absolute atomic E-state index is 0.0622. The smallest absolute Gasteiger partial charge is 0.337 e. The molecule has 0 aromatic heterocycles. The summed E-state index contributed by atoms with van der Waals surface area (Å²) in [5, 5.41) is 2.85. The molecular weight excluding hydrogens is 375 g/mol. The van der Waals surface area contributed by atoms with E-state index in [4.69, 9.17) is 0 Å². The number of esters is 1. The predicted molar refractivity (Wildman–Crippen MR) is 106 cm³/mol. The number of likely N-dealkylation sites (tertiary alicyclic amines) is 1. The zero-order valence-corrected chi connectivity index (χ0v) is 16.2. The van der Waals surface area contributed by atoms with Crippen LogP contribution < -0.4 is 5.32 Å². The Balaban J connectivity index is 1.49. The van der Waals surface area contributed by atoms with Crippen molar-refractivity contribution in [2.75, 3.05) is 25.5 Å². The molecule has 2 amide bonds. The van der Waals surface area contributed by atoms with Gasteiger partial charge in [-0.1, -0.05) is 12.1 Å². The van der Waals surface area contributed by atoms with E-state index in [1.54, 1.807) is 41.3 Å². The highest BCUT2D eigenvalue weighted by Gasteiger charge is 2.27. The zero-order valence-electron chi connectivity index (χ0n) is 16.2. The third kappa shape index (κ3) is 5.40. The molecule has 2 aromatic rings. The molecule has 1 aliphatic rings. The van der Waals surface area contributed by atoms with Crippen LogP contribution in [-0.4, -0.2) is 42.9 Å². The van der Waals surface area contributed by atoms with Gasteiger partial charge >= 0.3 is 5.97 Å². The van der Waals surface area contributed by atoms with Crippen LogP contribution >= 0.6 is 0 Å². The molecule has 1 saturated heterocycles. The number of benzene rings is 2. The summed E-state index contributed by atoms with van der Waals surface area (Å²) in [5.41, 5.74) is 1.66. The molecule has 29 heavy (non-hydrogen) atoms. The topological polar surface area (TPSA) is 75.7 Å². The maximum atomic E-state index is 13.3. The van der Waals surface area contributed by atoms with E-state index in [0.717, 1.165) is 0 Å².